The van der Waals surface area contributed by atoms with Gasteiger partial charge in [-0.15, -0.1) is 0 Å². The number of hydrogen-bond acceptors (Lipinski definition) is 3. The third-order valence-electron chi connectivity index (χ3n) is 4.40. The molecule has 1 saturated heterocycles. The Labute approximate surface area is 130 Å². The van der Waals surface area contributed by atoms with E-state index in [1.54, 1.807) is 4.90 Å². The quantitative estimate of drug-likeness (QED) is 0.729. The summed E-state index contributed by atoms with van der Waals surface area (Å²) in [6, 6.07) is 1.36. The van der Waals surface area contributed by atoms with Crippen molar-refractivity contribution in [2.24, 2.45) is 0 Å². The second-order valence-corrected chi connectivity index (χ2v) is 6.67. The Balaban J connectivity index is 2.07. The summed E-state index contributed by atoms with van der Waals surface area (Å²) in [7, 11) is 5.83. The summed E-state index contributed by atoms with van der Waals surface area (Å²) in [5, 5.41) is 3.64. The van der Waals surface area contributed by atoms with Gasteiger partial charge in [-0.1, -0.05) is 0 Å². The predicted octanol–water partition coefficient (Wildman–Crippen LogP) is 1.84. The van der Waals surface area contributed by atoms with Crippen LogP contribution in [0.1, 0.15) is 39.5 Å². The maximum absolute atomic E-state index is 11.8. The molecule has 0 atom stereocenters. The maximum atomic E-state index is 11.8. The van der Waals surface area contributed by atoms with Crippen molar-refractivity contribution in [2.45, 2.75) is 51.6 Å². The highest BCUT2D eigenvalue weighted by atomic mass is 16.2. The molecular formula is C16H34N4O. The SMILES string of the molecule is CC(C)N(C)CCCCNC1CCN(C(=O)N(C)C)CC1. The van der Waals surface area contributed by atoms with E-state index in [1.165, 1.54) is 19.4 Å². The molecule has 1 fully saturated rings. The Hall–Kier alpha value is -0.810. The molecule has 1 N–H and O–H groups in total. The van der Waals surface area contributed by atoms with Crippen molar-refractivity contribution < 1.29 is 4.79 Å². The van der Waals surface area contributed by atoms with Crippen LogP contribution in [-0.2, 0) is 0 Å². The molecule has 1 rings (SSSR count). The second kappa shape index (κ2) is 9.26. The Kier molecular flexibility index (Phi) is 8.04. The first kappa shape index (κ1) is 18.2. The zero-order chi connectivity index (χ0) is 15.8. The highest BCUT2D eigenvalue weighted by Gasteiger charge is 2.23. The maximum Gasteiger partial charge on any atom is 0.319 e. The van der Waals surface area contributed by atoms with Crippen LogP contribution in [0.5, 0.6) is 0 Å². The number of urea groups is 1. The number of nitrogens with one attached hydrogen (secondary N) is 1. The molecule has 0 aliphatic carbocycles. The molecule has 5 heteroatoms. The van der Waals surface area contributed by atoms with Crippen molar-refractivity contribution in [1.29, 1.82) is 0 Å². The lowest BCUT2D eigenvalue weighted by molar-refractivity contribution is 0.152. The van der Waals surface area contributed by atoms with E-state index in [-0.39, 0.29) is 6.03 Å². The van der Waals surface area contributed by atoms with Crippen LogP contribution in [0.15, 0.2) is 0 Å². The number of rotatable bonds is 7. The molecule has 5 nitrogen and oxygen atoms in total. The van der Waals surface area contributed by atoms with Crippen molar-refractivity contribution in [3.8, 4) is 0 Å². The lowest BCUT2D eigenvalue weighted by Gasteiger charge is -2.34. The van der Waals surface area contributed by atoms with Crippen LogP contribution in [0.4, 0.5) is 4.79 Å². The number of hydrogen-bond donors (Lipinski definition) is 1. The summed E-state index contributed by atoms with van der Waals surface area (Å²) in [5.74, 6) is 0. The fraction of sp³-hybridized carbons (Fsp3) is 0.938. The fourth-order valence-corrected chi connectivity index (χ4v) is 2.61. The minimum Gasteiger partial charge on any atom is -0.331 e. The molecule has 0 radical (unpaired) electrons. The van der Waals surface area contributed by atoms with Crippen LogP contribution in [0.25, 0.3) is 0 Å². The molecule has 0 aromatic carbocycles. The van der Waals surface area contributed by atoms with Crippen LogP contribution in [0.3, 0.4) is 0 Å². The number of nitrogens with zero attached hydrogens (tertiary/aromatic N) is 3. The summed E-state index contributed by atoms with van der Waals surface area (Å²) in [5.41, 5.74) is 0. The molecule has 0 aromatic heterocycles. The summed E-state index contributed by atoms with van der Waals surface area (Å²) in [6.45, 7) is 8.50. The Morgan fingerprint density at radius 1 is 1.19 bits per heavy atom. The highest BCUT2D eigenvalue weighted by molar-refractivity contribution is 5.73. The van der Waals surface area contributed by atoms with Crippen LogP contribution < -0.4 is 5.32 Å². The van der Waals surface area contributed by atoms with Crippen molar-refractivity contribution >= 4 is 6.03 Å². The minimum atomic E-state index is 0.144. The van der Waals surface area contributed by atoms with E-state index in [9.17, 15) is 4.79 Å². The van der Waals surface area contributed by atoms with Gasteiger partial charge < -0.3 is 20.0 Å². The van der Waals surface area contributed by atoms with Gasteiger partial charge in [-0.05, 0) is 59.7 Å². The summed E-state index contributed by atoms with van der Waals surface area (Å²) < 4.78 is 0. The van der Waals surface area contributed by atoms with E-state index in [0.29, 0.717) is 12.1 Å². The van der Waals surface area contributed by atoms with Gasteiger partial charge in [0.25, 0.3) is 0 Å². The standard InChI is InChI=1S/C16H34N4O/c1-14(2)19(5)11-7-6-10-17-15-8-12-20(13-9-15)16(21)18(3)4/h14-15,17H,6-13H2,1-5H3. The lowest BCUT2D eigenvalue weighted by atomic mass is 10.1. The number of unbranched alkanes of at least 4 members (excludes halogenated alkanes) is 1. The Bertz CT molecular complexity index is 299. The van der Waals surface area contributed by atoms with Gasteiger partial charge in [0.15, 0.2) is 0 Å². The predicted molar refractivity (Wildman–Crippen MR) is 88.7 cm³/mol. The monoisotopic (exact) mass is 298 g/mol. The number of piperidine rings is 1. The van der Waals surface area contributed by atoms with Gasteiger partial charge in [-0.3, -0.25) is 0 Å². The minimum absolute atomic E-state index is 0.144. The normalized spacial score (nSPS) is 16.8. The van der Waals surface area contributed by atoms with Crippen molar-refractivity contribution in [2.75, 3.05) is 47.3 Å². The van der Waals surface area contributed by atoms with E-state index >= 15 is 0 Å². The molecule has 0 unspecified atom stereocenters. The van der Waals surface area contributed by atoms with Crippen molar-refractivity contribution in [3.05, 3.63) is 0 Å². The average Bonchev–Trinajstić information content (AvgIpc) is 2.46. The third kappa shape index (κ3) is 6.66. The molecule has 2 amide bonds. The second-order valence-electron chi connectivity index (χ2n) is 6.67. The topological polar surface area (TPSA) is 38.8 Å². The molecule has 0 spiro atoms. The van der Waals surface area contributed by atoms with Gasteiger partial charge in [0.2, 0.25) is 0 Å². The van der Waals surface area contributed by atoms with Gasteiger partial charge in [0.1, 0.15) is 0 Å². The van der Waals surface area contributed by atoms with Crippen molar-refractivity contribution in [1.82, 2.24) is 20.0 Å². The molecule has 124 valence electrons. The fourth-order valence-electron chi connectivity index (χ4n) is 2.61. The number of likely N-dealkylation sites (tertiary alicyclic amines) is 1. The molecule has 0 saturated carbocycles. The van der Waals surface area contributed by atoms with Crippen molar-refractivity contribution in [3.63, 3.8) is 0 Å². The first-order chi connectivity index (χ1) is 9.91. The van der Waals surface area contributed by atoms with Gasteiger partial charge in [-0.25, -0.2) is 4.79 Å². The molecule has 0 aromatic rings. The number of amides is 2. The summed E-state index contributed by atoms with van der Waals surface area (Å²) in [6.07, 6.45) is 4.63. The summed E-state index contributed by atoms with van der Waals surface area (Å²) >= 11 is 0. The number of carbonyl (C=O) groups excluding carboxylic acids is 1. The average molecular weight is 298 g/mol. The first-order valence-corrected chi connectivity index (χ1v) is 8.31. The van der Waals surface area contributed by atoms with Crippen LogP contribution in [-0.4, -0.2) is 80.1 Å². The molecular weight excluding hydrogens is 264 g/mol. The van der Waals surface area contributed by atoms with Crippen LogP contribution in [0, 0.1) is 0 Å². The van der Waals surface area contributed by atoms with Gasteiger partial charge in [0, 0.05) is 39.3 Å². The Morgan fingerprint density at radius 2 is 1.81 bits per heavy atom. The van der Waals surface area contributed by atoms with E-state index in [1.807, 2.05) is 19.0 Å². The smallest absolute Gasteiger partial charge is 0.319 e. The van der Waals surface area contributed by atoms with E-state index in [2.05, 4.69) is 31.1 Å². The largest absolute Gasteiger partial charge is 0.331 e. The van der Waals surface area contributed by atoms with E-state index < -0.39 is 0 Å². The van der Waals surface area contributed by atoms with Gasteiger partial charge >= 0.3 is 6.03 Å². The molecule has 21 heavy (non-hydrogen) atoms. The molecule has 1 aliphatic rings. The Morgan fingerprint density at radius 3 is 2.33 bits per heavy atom. The molecule has 1 aliphatic heterocycles. The molecule has 0 bridgehead atoms. The van der Waals surface area contributed by atoms with Crippen LogP contribution in [0.2, 0.25) is 0 Å². The van der Waals surface area contributed by atoms with Gasteiger partial charge in [-0.2, -0.15) is 0 Å². The van der Waals surface area contributed by atoms with Gasteiger partial charge in [0.05, 0.1) is 0 Å². The number of carbonyl (C=O) groups is 1. The third-order valence-corrected chi connectivity index (χ3v) is 4.40. The zero-order valence-electron chi connectivity index (χ0n) is 14.6. The van der Waals surface area contributed by atoms with E-state index in [0.717, 1.165) is 32.5 Å². The summed E-state index contributed by atoms with van der Waals surface area (Å²) in [4.78, 5) is 17.9. The first-order valence-electron chi connectivity index (χ1n) is 8.31. The highest BCUT2D eigenvalue weighted by Crippen LogP contribution is 2.11. The van der Waals surface area contributed by atoms with E-state index in [4.69, 9.17) is 0 Å². The van der Waals surface area contributed by atoms with Crippen LogP contribution >= 0.6 is 0 Å². The molecule has 1 heterocycles. The zero-order valence-corrected chi connectivity index (χ0v) is 14.6. The lowest BCUT2D eigenvalue weighted by Crippen LogP contribution is -2.48.